The first kappa shape index (κ1) is 17.5. The maximum atomic E-state index is 3.65. The van der Waals surface area contributed by atoms with E-state index in [9.17, 15) is 0 Å². The van der Waals surface area contributed by atoms with Gasteiger partial charge in [-0.05, 0) is 74.2 Å². The summed E-state index contributed by atoms with van der Waals surface area (Å²) in [4.78, 5) is 2.85. The summed E-state index contributed by atoms with van der Waals surface area (Å²) in [6, 6.07) is 21.2. The predicted octanol–water partition coefficient (Wildman–Crippen LogP) is 4.19. The average molecular weight is 361 g/mol. The van der Waals surface area contributed by atoms with Gasteiger partial charge in [0.2, 0.25) is 0 Å². The van der Waals surface area contributed by atoms with E-state index in [-0.39, 0.29) is 0 Å². The second-order valence-corrected chi connectivity index (χ2v) is 9.09. The van der Waals surface area contributed by atoms with Gasteiger partial charge in [-0.15, -0.1) is 0 Å². The summed E-state index contributed by atoms with van der Waals surface area (Å²) in [5.74, 6) is 0.845. The van der Waals surface area contributed by atoms with Crippen LogP contribution in [0.15, 0.2) is 54.6 Å². The molecular formula is C25H32N2. The van der Waals surface area contributed by atoms with Crippen LogP contribution < -0.4 is 5.32 Å². The lowest BCUT2D eigenvalue weighted by molar-refractivity contribution is 0.0923. The van der Waals surface area contributed by atoms with E-state index in [1.807, 2.05) is 0 Å². The normalized spacial score (nSPS) is 30.7. The van der Waals surface area contributed by atoms with Crippen molar-refractivity contribution >= 4 is 0 Å². The molecule has 2 bridgehead atoms. The summed E-state index contributed by atoms with van der Waals surface area (Å²) >= 11 is 0. The van der Waals surface area contributed by atoms with Gasteiger partial charge in [0.1, 0.15) is 0 Å². The molecule has 3 aliphatic heterocycles. The lowest BCUT2D eigenvalue weighted by Gasteiger charge is -2.44. The Labute approximate surface area is 164 Å². The van der Waals surface area contributed by atoms with Crippen molar-refractivity contribution < 1.29 is 0 Å². The molecule has 1 N–H and O–H groups in total. The Kier molecular flexibility index (Phi) is 4.79. The van der Waals surface area contributed by atoms with E-state index >= 15 is 0 Å². The van der Waals surface area contributed by atoms with E-state index in [0.717, 1.165) is 25.0 Å². The highest BCUT2D eigenvalue weighted by Crippen LogP contribution is 2.37. The molecule has 3 heterocycles. The molecule has 3 atom stereocenters. The van der Waals surface area contributed by atoms with Gasteiger partial charge in [-0.1, -0.05) is 54.6 Å². The van der Waals surface area contributed by atoms with Gasteiger partial charge in [0.05, 0.1) is 0 Å². The molecule has 2 aromatic rings. The standard InChI is InChI=1S/C25H32N2/c1-2-8-23(9-3-1)25(12-14-26-19-25)13-15-27-18-20-10-11-24(27)17-22-7-5-4-6-21(22)16-20/h1-9,20,24,26H,10-19H2/t20-,24+,25?/m1/s1. The van der Waals surface area contributed by atoms with Gasteiger partial charge >= 0.3 is 0 Å². The quantitative estimate of drug-likeness (QED) is 0.880. The number of rotatable bonds is 4. The second kappa shape index (κ2) is 7.41. The Morgan fingerprint density at radius 2 is 1.70 bits per heavy atom. The molecule has 0 radical (unpaired) electrons. The van der Waals surface area contributed by atoms with Crippen molar-refractivity contribution in [3.8, 4) is 0 Å². The third kappa shape index (κ3) is 3.46. The van der Waals surface area contributed by atoms with Crippen LogP contribution in [-0.4, -0.2) is 37.1 Å². The molecule has 2 saturated heterocycles. The lowest BCUT2D eigenvalue weighted by Crippen LogP contribution is -2.48. The van der Waals surface area contributed by atoms with Gasteiger partial charge in [-0.25, -0.2) is 0 Å². The van der Waals surface area contributed by atoms with Crippen LogP contribution in [0.1, 0.15) is 42.4 Å². The zero-order chi connectivity index (χ0) is 18.1. The molecule has 4 aliphatic rings. The number of fused-ring (bicyclic) bond motifs is 2. The molecule has 0 spiro atoms. The number of hydrogen-bond acceptors (Lipinski definition) is 2. The molecule has 142 valence electrons. The fourth-order valence-electron chi connectivity index (χ4n) is 5.87. The van der Waals surface area contributed by atoms with Crippen molar-refractivity contribution in [1.29, 1.82) is 0 Å². The highest BCUT2D eigenvalue weighted by atomic mass is 15.2. The third-order valence-electron chi connectivity index (χ3n) is 7.51. The summed E-state index contributed by atoms with van der Waals surface area (Å²) < 4.78 is 0. The topological polar surface area (TPSA) is 15.3 Å². The highest BCUT2D eigenvalue weighted by molar-refractivity contribution is 5.30. The monoisotopic (exact) mass is 360 g/mol. The van der Waals surface area contributed by atoms with Crippen molar-refractivity contribution in [1.82, 2.24) is 10.2 Å². The Morgan fingerprint density at radius 1 is 0.926 bits per heavy atom. The molecule has 0 amide bonds. The molecule has 2 aromatic carbocycles. The molecule has 6 rings (SSSR count). The minimum Gasteiger partial charge on any atom is -0.316 e. The maximum absolute atomic E-state index is 3.65. The first-order chi connectivity index (χ1) is 13.3. The molecule has 1 aliphatic carbocycles. The van der Waals surface area contributed by atoms with Crippen molar-refractivity contribution in [3.63, 3.8) is 0 Å². The number of nitrogens with one attached hydrogen (secondary N) is 1. The molecule has 2 heteroatoms. The zero-order valence-electron chi connectivity index (χ0n) is 16.4. The van der Waals surface area contributed by atoms with E-state index in [4.69, 9.17) is 0 Å². The number of benzene rings is 2. The van der Waals surface area contributed by atoms with Crippen LogP contribution in [0.3, 0.4) is 0 Å². The van der Waals surface area contributed by atoms with Gasteiger partial charge in [0, 0.05) is 24.5 Å². The van der Waals surface area contributed by atoms with Crippen molar-refractivity contribution in [2.75, 3.05) is 26.2 Å². The number of nitrogens with zero attached hydrogens (tertiary/aromatic N) is 1. The Balaban J connectivity index is 1.34. The Morgan fingerprint density at radius 3 is 2.48 bits per heavy atom. The van der Waals surface area contributed by atoms with Crippen LogP contribution in [0.4, 0.5) is 0 Å². The third-order valence-corrected chi connectivity index (χ3v) is 7.51. The summed E-state index contributed by atoms with van der Waals surface area (Å²) in [6.45, 7) is 4.85. The van der Waals surface area contributed by atoms with Gasteiger partial charge in [-0.2, -0.15) is 0 Å². The van der Waals surface area contributed by atoms with Crippen LogP contribution in [-0.2, 0) is 18.3 Å². The number of hydrogen-bond donors (Lipinski definition) is 1. The molecule has 0 saturated carbocycles. The molecule has 27 heavy (non-hydrogen) atoms. The van der Waals surface area contributed by atoms with Crippen LogP contribution in [0.2, 0.25) is 0 Å². The zero-order valence-corrected chi connectivity index (χ0v) is 16.4. The SMILES string of the molecule is c1ccc(C2(CCN3C[C@@H]4CC[C@H]3Cc3ccccc3C4)CCNC2)cc1. The van der Waals surface area contributed by atoms with Crippen LogP contribution in [0.5, 0.6) is 0 Å². The minimum absolute atomic E-state index is 0.334. The first-order valence-electron chi connectivity index (χ1n) is 10.9. The first-order valence-corrected chi connectivity index (χ1v) is 10.9. The molecule has 0 aromatic heterocycles. The van der Waals surface area contributed by atoms with E-state index in [0.29, 0.717) is 5.41 Å². The van der Waals surface area contributed by atoms with Crippen LogP contribution in [0.25, 0.3) is 0 Å². The molecular weight excluding hydrogens is 328 g/mol. The van der Waals surface area contributed by atoms with Crippen molar-refractivity contribution in [2.45, 2.75) is 50.0 Å². The second-order valence-electron chi connectivity index (χ2n) is 9.09. The van der Waals surface area contributed by atoms with Crippen molar-refractivity contribution in [2.24, 2.45) is 5.92 Å². The smallest absolute Gasteiger partial charge is 0.0136 e. The minimum atomic E-state index is 0.334. The van der Waals surface area contributed by atoms with Gasteiger partial charge in [-0.3, -0.25) is 4.90 Å². The molecule has 1 unspecified atom stereocenters. The molecule has 2 fully saturated rings. The van der Waals surface area contributed by atoms with E-state index in [1.165, 1.54) is 57.2 Å². The van der Waals surface area contributed by atoms with Gasteiger partial charge in [0.25, 0.3) is 0 Å². The summed E-state index contributed by atoms with van der Waals surface area (Å²) in [5, 5.41) is 3.65. The average Bonchev–Trinajstić information content (AvgIpc) is 3.17. The largest absolute Gasteiger partial charge is 0.316 e. The summed E-state index contributed by atoms with van der Waals surface area (Å²) in [5.41, 5.74) is 5.10. The summed E-state index contributed by atoms with van der Waals surface area (Å²) in [7, 11) is 0. The van der Waals surface area contributed by atoms with Crippen molar-refractivity contribution in [3.05, 3.63) is 71.3 Å². The fourth-order valence-corrected chi connectivity index (χ4v) is 5.87. The highest BCUT2D eigenvalue weighted by Gasteiger charge is 2.38. The van der Waals surface area contributed by atoms with Crippen LogP contribution >= 0.6 is 0 Å². The predicted molar refractivity (Wildman–Crippen MR) is 112 cm³/mol. The summed E-state index contributed by atoms with van der Waals surface area (Å²) in [6.07, 6.45) is 7.90. The maximum Gasteiger partial charge on any atom is 0.0136 e. The van der Waals surface area contributed by atoms with Gasteiger partial charge in [0.15, 0.2) is 0 Å². The molecule has 2 nitrogen and oxygen atoms in total. The van der Waals surface area contributed by atoms with Gasteiger partial charge < -0.3 is 5.32 Å². The van der Waals surface area contributed by atoms with E-state index in [2.05, 4.69) is 64.8 Å². The Hall–Kier alpha value is -1.64. The van der Waals surface area contributed by atoms with E-state index < -0.39 is 0 Å². The van der Waals surface area contributed by atoms with Crippen LogP contribution in [0, 0.1) is 5.92 Å². The number of piperidine rings is 1. The van der Waals surface area contributed by atoms with E-state index in [1.54, 1.807) is 11.1 Å². The Bertz CT molecular complexity index is 763. The fraction of sp³-hybridized carbons (Fsp3) is 0.520. The lowest BCUT2D eigenvalue weighted by atomic mass is 9.75.